The number of guanidine groups is 1. The number of aliphatic carboxylic acids is 1. The molecule has 1 aliphatic heterocycles. The van der Waals surface area contributed by atoms with Crippen molar-refractivity contribution in [3.63, 3.8) is 0 Å². The molecule has 1 aromatic rings. The van der Waals surface area contributed by atoms with Crippen LogP contribution in [-0.4, -0.2) is 155 Å². The molecule has 0 aliphatic carbocycles. The maximum Gasteiger partial charge on any atom is 0.305 e. The molecule has 1 aromatic carbocycles. The Bertz CT molecular complexity index is 1610. The van der Waals surface area contributed by atoms with E-state index >= 15 is 0 Å². The van der Waals surface area contributed by atoms with Crippen LogP contribution in [0.15, 0.2) is 35.3 Å². The van der Waals surface area contributed by atoms with Gasteiger partial charge in [-0.3, -0.25) is 38.6 Å². The molecule has 23 nitrogen and oxygen atoms in total. The lowest BCUT2D eigenvalue weighted by Crippen LogP contribution is -2.67. The van der Waals surface area contributed by atoms with Crippen molar-refractivity contribution in [1.82, 2.24) is 31.9 Å². The summed E-state index contributed by atoms with van der Waals surface area (Å²) in [7, 11) is 0. The Hall–Kier alpha value is -5.75. The zero-order chi connectivity index (χ0) is 44.1. The van der Waals surface area contributed by atoms with Crippen molar-refractivity contribution in [3.05, 3.63) is 35.9 Å². The Labute approximate surface area is 339 Å². The third kappa shape index (κ3) is 17.7. The lowest BCUT2D eigenvalue weighted by molar-refractivity contribution is -0.198. The Kier molecular flexibility index (Phi) is 21.4. The summed E-state index contributed by atoms with van der Waals surface area (Å²) in [5.41, 5.74) is 16.9. The predicted molar refractivity (Wildman–Crippen MR) is 207 cm³/mol. The van der Waals surface area contributed by atoms with Crippen LogP contribution in [0.3, 0.4) is 0 Å². The zero-order valence-electron chi connectivity index (χ0n) is 32.6. The van der Waals surface area contributed by atoms with E-state index in [9.17, 15) is 58.8 Å². The summed E-state index contributed by atoms with van der Waals surface area (Å²) < 4.78 is 5.45. The number of nitrogens with zero attached hydrogens (tertiary/aromatic N) is 1. The van der Waals surface area contributed by atoms with E-state index in [1.807, 2.05) is 0 Å². The average molecular weight is 837 g/mol. The minimum atomic E-state index is -1.68. The molecule has 328 valence electrons. The van der Waals surface area contributed by atoms with Gasteiger partial charge < -0.3 is 79.1 Å². The van der Waals surface area contributed by atoms with Crippen LogP contribution in [0.1, 0.15) is 51.0 Å². The van der Waals surface area contributed by atoms with Crippen molar-refractivity contribution >= 4 is 53.7 Å². The van der Waals surface area contributed by atoms with Crippen molar-refractivity contribution in [3.8, 4) is 0 Å². The second-order valence-corrected chi connectivity index (χ2v) is 13.8. The average Bonchev–Trinajstić information content (AvgIpc) is 3.19. The first-order valence-corrected chi connectivity index (χ1v) is 18.8. The largest absolute Gasteiger partial charge is 0.481 e. The minimum Gasteiger partial charge on any atom is -0.481 e. The van der Waals surface area contributed by atoms with Crippen molar-refractivity contribution < 1.29 is 63.5 Å². The van der Waals surface area contributed by atoms with Gasteiger partial charge in [-0.15, -0.1) is 0 Å². The summed E-state index contributed by atoms with van der Waals surface area (Å²) in [6, 6.07) is 2.04. The lowest BCUT2D eigenvalue weighted by Gasteiger charge is -2.41. The maximum atomic E-state index is 13.5. The normalized spacial score (nSPS) is 20.6. The first-order valence-electron chi connectivity index (χ1n) is 18.8. The van der Waals surface area contributed by atoms with E-state index in [0.29, 0.717) is 18.3 Å². The molecule has 0 aromatic heterocycles. The Morgan fingerprint density at radius 1 is 0.881 bits per heavy atom. The SMILES string of the molecule is CC(=O)N[C@H]1[C@H](O)[C@@H](O)[C@H](CO)O[C@@H]1C(=O)NCCCC[C@@H](C=O)NC(=O)[C@@H](Cc1ccccc1)NC(=O)[C@H](CC(=O)O)NC(=O)CNC(=O)[C@@H](N)CCCN=C(N)N. The maximum absolute atomic E-state index is 13.5. The van der Waals surface area contributed by atoms with Gasteiger partial charge >= 0.3 is 5.97 Å². The molecule has 9 atom stereocenters. The van der Waals surface area contributed by atoms with Gasteiger partial charge in [0, 0.05) is 26.4 Å². The molecule has 1 heterocycles. The van der Waals surface area contributed by atoms with Crippen LogP contribution < -0.4 is 49.1 Å². The van der Waals surface area contributed by atoms with Gasteiger partial charge in [-0.05, 0) is 37.7 Å². The summed E-state index contributed by atoms with van der Waals surface area (Å²) in [5.74, 6) is -6.36. The van der Waals surface area contributed by atoms with Crippen molar-refractivity contribution in [2.24, 2.45) is 22.2 Å². The number of aliphatic hydroxyl groups is 3. The fourth-order valence-corrected chi connectivity index (χ4v) is 5.91. The van der Waals surface area contributed by atoms with Gasteiger partial charge in [-0.2, -0.15) is 0 Å². The fraction of sp³-hybridized carbons (Fsp3) is 0.583. The third-order valence-electron chi connectivity index (χ3n) is 8.96. The number of unbranched alkanes of at least 4 members (excludes halogenated alkanes) is 1. The second kappa shape index (κ2) is 25.6. The highest BCUT2D eigenvalue weighted by Crippen LogP contribution is 2.21. The molecule has 0 spiro atoms. The summed E-state index contributed by atoms with van der Waals surface area (Å²) in [5, 5.41) is 54.1. The number of rotatable bonds is 25. The smallest absolute Gasteiger partial charge is 0.305 e. The number of nitrogens with two attached hydrogens (primary N) is 3. The van der Waals surface area contributed by atoms with E-state index in [2.05, 4.69) is 36.9 Å². The molecule has 0 unspecified atom stereocenters. The Morgan fingerprint density at radius 2 is 1.56 bits per heavy atom. The van der Waals surface area contributed by atoms with Crippen LogP contribution in [0.4, 0.5) is 0 Å². The highest BCUT2D eigenvalue weighted by atomic mass is 16.5. The molecule has 59 heavy (non-hydrogen) atoms. The van der Waals surface area contributed by atoms with Crippen molar-refractivity contribution in [2.75, 3.05) is 26.2 Å². The van der Waals surface area contributed by atoms with E-state index in [1.54, 1.807) is 30.3 Å². The highest BCUT2D eigenvalue weighted by molar-refractivity contribution is 5.95. The third-order valence-corrected chi connectivity index (χ3v) is 8.96. The van der Waals surface area contributed by atoms with Gasteiger partial charge in [0.2, 0.25) is 29.5 Å². The summed E-state index contributed by atoms with van der Waals surface area (Å²) in [6.45, 7) is 0.0623. The van der Waals surface area contributed by atoms with Gasteiger partial charge in [0.25, 0.3) is 5.91 Å². The number of benzene rings is 1. The molecule has 0 saturated carbocycles. The van der Waals surface area contributed by atoms with E-state index in [-0.39, 0.29) is 51.2 Å². The van der Waals surface area contributed by atoms with Crippen LogP contribution in [-0.2, 0) is 49.5 Å². The molecule has 1 saturated heterocycles. The number of aliphatic hydroxyl groups excluding tert-OH is 3. The first kappa shape index (κ1) is 49.4. The van der Waals surface area contributed by atoms with Gasteiger partial charge in [0.05, 0.1) is 37.7 Å². The van der Waals surface area contributed by atoms with Crippen LogP contribution in [0.2, 0.25) is 0 Å². The number of hydrogen-bond acceptors (Lipinski definition) is 14. The number of ether oxygens (including phenoxy) is 1. The summed E-state index contributed by atoms with van der Waals surface area (Å²) in [6.07, 6.45) is -5.19. The summed E-state index contributed by atoms with van der Waals surface area (Å²) >= 11 is 0. The standard InChI is InChI=1S/C36H56N10O13/c1-19(49)43-28-30(54)29(53)25(18-48)59-31(28)35(58)40-12-6-5-10-21(17-47)44-33(56)23(14-20-8-3-2-4-9-20)46-34(57)24(15-27(51)52)45-26(50)16-42-32(55)22(37)11-7-13-41-36(38)39/h2-4,8-9,17,21-25,28-31,48,53-54H,5-7,10-16,18,37H2,1H3,(H,40,58)(H,42,55)(H,43,49)(H,44,56)(H,45,50)(H,46,57)(H,51,52)(H4,38,39,41)/t21-,22-,23+,24-,25-,28-,29-,30-,31-/m0/s1. The zero-order valence-corrected chi connectivity index (χ0v) is 32.6. The van der Waals surface area contributed by atoms with Gasteiger partial charge in [0.15, 0.2) is 12.1 Å². The fourth-order valence-electron chi connectivity index (χ4n) is 5.91. The van der Waals surface area contributed by atoms with Crippen LogP contribution in [0.25, 0.3) is 0 Å². The molecule has 2 rings (SSSR count). The lowest BCUT2D eigenvalue weighted by atomic mass is 9.92. The number of aldehydes is 1. The second-order valence-electron chi connectivity index (χ2n) is 13.8. The number of aliphatic imine (C=N–C) groups is 1. The van der Waals surface area contributed by atoms with Gasteiger partial charge in [-0.25, -0.2) is 0 Å². The predicted octanol–water partition coefficient (Wildman–Crippen LogP) is -5.87. The van der Waals surface area contributed by atoms with Crippen molar-refractivity contribution in [1.29, 1.82) is 0 Å². The number of carbonyl (C=O) groups excluding carboxylic acids is 7. The number of nitrogens with one attached hydrogen (secondary N) is 6. The topological polar surface area (TPSA) is 389 Å². The molecule has 16 N–H and O–H groups in total. The molecule has 23 heteroatoms. The molecule has 1 aliphatic rings. The number of amides is 6. The first-order chi connectivity index (χ1) is 28.0. The molecule has 0 radical (unpaired) electrons. The van der Waals surface area contributed by atoms with Crippen LogP contribution in [0, 0.1) is 0 Å². The molecular formula is C36H56N10O13. The molecule has 0 bridgehead atoms. The van der Waals surface area contributed by atoms with E-state index in [4.69, 9.17) is 21.9 Å². The summed E-state index contributed by atoms with van der Waals surface area (Å²) in [4.78, 5) is 104. The highest BCUT2D eigenvalue weighted by Gasteiger charge is 2.47. The quantitative estimate of drug-likeness (QED) is 0.0189. The Balaban J connectivity index is 2.01. The molecular weight excluding hydrogens is 780 g/mol. The number of carboxylic acid groups (broad SMARTS) is 1. The van der Waals surface area contributed by atoms with Crippen LogP contribution >= 0.6 is 0 Å². The monoisotopic (exact) mass is 836 g/mol. The van der Waals surface area contributed by atoms with Gasteiger partial charge in [0.1, 0.15) is 36.7 Å². The number of carbonyl (C=O) groups is 8. The van der Waals surface area contributed by atoms with Gasteiger partial charge in [-0.1, -0.05) is 30.3 Å². The van der Waals surface area contributed by atoms with E-state index < -0.39 is 116 Å². The van der Waals surface area contributed by atoms with Crippen LogP contribution in [0.5, 0.6) is 0 Å². The van der Waals surface area contributed by atoms with E-state index in [1.165, 1.54) is 0 Å². The van der Waals surface area contributed by atoms with E-state index in [0.717, 1.165) is 6.92 Å². The Morgan fingerprint density at radius 3 is 2.17 bits per heavy atom. The number of carboxylic acids is 1. The molecule has 1 fully saturated rings. The van der Waals surface area contributed by atoms with Crippen molar-refractivity contribution in [2.45, 2.75) is 106 Å². The number of hydrogen-bond donors (Lipinski definition) is 13. The molecule has 6 amide bonds. The minimum absolute atomic E-state index is 0.0357.